The van der Waals surface area contributed by atoms with Crippen LogP contribution in [0.4, 0.5) is 0 Å². The van der Waals surface area contributed by atoms with Gasteiger partial charge in [-0.2, -0.15) is 0 Å². The van der Waals surface area contributed by atoms with Gasteiger partial charge in [-0.15, -0.1) is 0 Å². The molecule has 32 heavy (non-hydrogen) atoms. The van der Waals surface area contributed by atoms with Crippen molar-refractivity contribution in [3.8, 4) is 0 Å². The van der Waals surface area contributed by atoms with E-state index in [-0.39, 0.29) is 11.9 Å². The van der Waals surface area contributed by atoms with Crippen LogP contribution in [0.25, 0.3) is 0 Å². The maximum Gasteiger partial charge on any atom is 0.252 e. The predicted octanol–water partition coefficient (Wildman–Crippen LogP) is 5.13. The molecule has 1 saturated heterocycles. The Balaban J connectivity index is 1.31. The maximum atomic E-state index is 12.4. The average Bonchev–Trinajstić information content (AvgIpc) is 2.81. The van der Waals surface area contributed by atoms with Crippen molar-refractivity contribution in [2.24, 2.45) is 0 Å². The third-order valence-corrected chi connectivity index (χ3v) is 6.44. The van der Waals surface area contributed by atoms with E-state index in [1.807, 2.05) is 0 Å². The first kappa shape index (κ1) is 22.8. The van der Waals surface area contributed by atoms with Gasteiger partial charge in [0.15, 0.2) is 0 Å². The number of carbonyl (C=O) groups excluding carboxylic acids is 1. The first-order valence-corrected chi connectivity index (χ1v) is 11.7. The van der Waals surface area contributed by atoms with Gasteiger partial charge in [0, 0.05) is 44.3 Å². The van der Waals surface area contributed by atoms with E-state index >= 15 is 0 Å². The van der Waals surface area contributed by atoms with Gasteiger partial charge in [-0.05, 0) is 29.3 Å². The number of piperazine rings is 1. The Bertz CT molecular complexity index is 982. The Morgan fingerprint density at radius 1 is 0.844 bits per heavy atom. The van der Waals surface area contributed by atoms with E-state index in [1.54, 1.807) is 18.2 Å². The Morgan fingerprint density at radius 2 is 1.44 bits per heavy atom. The second-order valence-corrected chi connectivity index (χ2v) is 8.83. The molecule has 3 aromatic carbocycles. The van der Waals surface area contributed by atoms with Crippen LogP contribution in [-0.2, 0) is 0 Å². The summed E-state index contributed by atoms with van der Waals surface area (Å²) in [4.78, 5) is 17.4. The highest BCUT2D eigenvalue weighted by Crippen LogP contribution is 2.29. The van der Waals surface area contributed by atoms with Crippen LogP contribution in [0.5, 0.6) is 0 Å². The summed E-state index contributed by atoms with van der Waals surface area (Å²) in [5.41, 5.74) is 3.09. The lowest BCUT2D eigenvalue weighted by Crippen LogP contribution is -2.49. The first-order chi connectivity index (χ1) is 15.6. The Morgan fingerprint density at radius 3 is 2.00 bits per heavy atom. The number of amides is 1. The van der Waals surface area contributed by atoms with Crippen LogP contribution in [-0.4, -0.2) is 55.0 Å². The Hall–Kier alpha value is -2.37. The molecule has 0 aromatic heterocycles. The molecule has 3 aromatic rings. The van der Waals surface area contributed by atoms with Crippen molar-refractivity contribution in [1.82, 2.24) is 15.1 Å². The van der Waals surface area contributed by atoms with Crippen molar-refractivity contribution >= 4 is 29.1 Å². The lowest BCUT2D eigenvalue weighted by atomic mass is 9.96. The number of nitrogens with one attached hydrogen (secondary N) is 1. The smallest absolute Gasteiger partial charge is 0.252 e. The molecule has 1 amide bonds. The zero-order valence-electron chi connectivity index (χ0n) is 17.9. The average molecular weight is 468 g/mol. The number of carbonyl (C=O) groups is 1. The van der Waals surface area contributed by atoms with Crippen molar-refractivity contribution in [1.29, 1.82) is 0 Å². The van der Waals surface area contributed by atoms with Gasteiger partial charge in [0.1, 0.15) is 0 Å². The van der Waals surface area contributed by atoms with E-state index in [0.717, 1.165) is 32.7 Å². The highest BCUT2D eigenvalue weighted by molar-refractivity contribution is 6.36. The minimum Gasteiger partial charge on any atom is -0.351 e. The molecule has 166 valence electrons. The number of rotatable bonds is 7. The standard InChI is InChI=1S/C26H27Cl2N3O/c27-22-11-12-23(24(28)19-22)26(32)29-13-14-30-15-17-31(18-16-30)25(20-7-3-1-4-8-20)21-9-5-2-6-10-21/h1-12,19,25H,13-18H2,(H,29,32). The number of nitrogens with zero attached hydrogens (tertiary/aromatic N) is 2. The van der Waals surface area contributed by atoms with E-state index in [2.05, 4.69) is 75.8 Å². The third-order valence-electron chi connectivity index (χ3n) is 5.89. The quantitative estimate of drug-likeness (QED) is 0.522. The molecule has 6 heteroatoms. The van der Waals surface area contributed by atoms with Gasteiger partial charge >= 0.3 is 0 Å². The van der Waals surface area contributed by atoms with Crippen LogP contribution in [0.3, 0.4) is 0 Å². The fourth-order valence-corrected chi connectivity index (χ4v) is 4.72. The summed E-state index contributed by atoms with van der Waals surface area (Å²) in [6.07, 6.45) is 0. The lowest BCUT2D eigenvalue weighted by Gasteiger charge is -2.39. The summed E-state index contributed by atoms with van der Waals surface area (Å²) in [5, 5.41) is 3.86. The summed E-state index contributed by atoms with van der Waals surface area (Å²) >= 11 is 12.1. The van der Waals surface area contributed by atoms with Gasteiger partial charge in [-0.25, -0.2) is 0 Å². The largest absolute Gasteiger partial charge is 0.351 e. The molecule has 0 saturated carbocycles. The van der Waals surface area contributed by atoms with Crippen molar-refractivity contribution < 1.29 is 4.79 Å². The molecule has 0 unspecified atom stereocenters. The topological polar surface area (TPSA) is 35.6 Å². The lowest BCUT2D eigenvalue weighted by molar-refractivity contribution is 0.0921. The maximum absolute atomic E-state index is 12.4. The summed E-state index contributed by atoms with van der Waals surface area (Å²) in [6.45, 7) is 5.28. The summed E-state index contributed by atoms with van der Waals surface area (Å²) < 4.78 is 0. The van der Waals surface area contributed by atoms with Gasteiger partial charge in [0.2, 0.25) is 0 Å². The van der Waals surface area contributed by atoms with Crippen LogP contribution in [0.1, 0.15) is 27.5 Å². The Labute approximate surface area is 199 Å². The number of hydrogen-bond donors (Lipinski definition) is 1. The van der Waals surface area contributed by atoms with E-state index < -0.39 is 0 Å². The monoisotopic (exact) mass is 467 g/mol. The van der Waals surface area contributed by atoms with Crippen molar-refractivity contribution in [3.63, 3.8) is 0 Å². The minimum atomic E-state index is -0.168. The fourth-order valence-electron chi connectivity index (χ4n) is 4.23. The second-order valence-electron chi connectivity index (χ2n) is 7.98. The van der Waals surface area contributed by atoms with Crippen LogP contribution in [0, 0.1) is 0 Å². The van der Waals surface area contributed by atoms with Crippen LogP contribution >= 0.6 is 23.2 Å². The third kappa shape index (κ3) is 5.70. The molecule has 0 atom stereocenters. The van der Waals surface area contributed by atoms with Crippen LogP contribution in [0.2, 0.25) is 10.0 Å². The molecular weight excluding hydrogens is 441 g/mol. The Kier molecular flexibility index (Phi) is 7.82. The molecule has 0 spiro atoms. The molecule has 4 rings (SSSR count). The summed E-state index contributed by atoms with van der Waals surface area (Å²) in [6, 6.07) is 26.6. The van der Waals surface area contributed by atoms with Gasteiger partial charge in [-0.3, -0.25) is 14.6 Å². The minimum absolute atomic E-state index is 0.168. The molecule has 1 N–H and O–H groups in total. The van der Waals surface area contributed by atoms with E-state index in [0.29, 0.717) is 22.2 Å². The molecule has 0 radical (unpaired) electrons. The van der Waals surface area contributed by atoms with Gasteiger partial charge in [0.25, 0.3) is 5.91 Å². The molecule has 1 aliphatic rings. The van der Waals surface area contributed by atoms with E-state index in [9.17, 15) is 4.79 Å². The predicted molar refractivity (Wildman–Crippen MR) is 132 cm³/mol. The fraction of sp³-hybridized carbons (Fsp3) is 0.269. The van der Waals surface area contributed by atoms with Crippen molar-refractivity contribution in [3.05, 3.63) is 106 Å². The van der Waals surface area contributed by atoms with Crippen molar-refractivity contribution in [2.45, 2.75) is 6.04 Å². The van der Waals surface area contributed by atoms with Gasteiger partial charge in [0.05, 0.1) is 16.6 Å². The number of hydrogen-bond acceptors (Lipinski definition) is 3. The summed E-state index contributed by atoms with van der Waals surface area (Å²) in [7, 11) is 0. The zero-order valence-corrected chi connectivity index (χ0v) is 19.4. The number of benzene rings is 3. The van der Waals surface area contributed by atoms with E-state index in [1.165, 1.54) is 11.1 Å². The van der Waals surface area contributed by atoms with Gasteiger partial charge in [-0.1, -0.05) is 83.9 Å². The molecule has 1 heterocycles. The zero-order chi connectivity index (χ0) is 22.3. The van der Waals surface area contributed by atoms with Gasteiger partial charge < -0.3 is 5.32 Å². The second kappa shape index (κ2) is 11.0. The summed E-state index contributed by atoms with van der Waals surface area (Å²) in [5.74, 6) is -0.168. The molecule has 0 aliphatic carbocycles. The highest BCUT2D eigenvalue weighted by atomic mass is 35.5. The van der Waals surface area contributed by atoms with E-state index in [4.69, 9.17) is 23.2 Å². The van der Waals surface area contributed by atoms with Crippen LogP contribution in [0.15, 0.2) is 78.9 Å². The van der Waals surface area contributed by atoms with Crippen LogP contribution < -0.4 is 5.32 Å². The molecular formula is C26H27Cl2N3O. The normalized spacial score (nSPS) is 15.1. The highest BCUT2D eigenvalue weighted by Gasteiger charge is 2.26. The number of halogens is 2. The van der Waals surface area contributed by atoms with Crippen molar-refractivity contribution in [2.75, 3.05) is 39.3 Å². The first-order valence-electron chi connectivity index (χ1n) is 10.9. The molecule has 0 bridgehead atoms. The molecule has 1 aliphatic heterocycles. The molecule has 4 nitrogen and oxygen atoms in total. The SMILES string of the molecule is O=C(NCCN1CCN(C(c2ccccc2)c2ccccc2)CC1)c1ccc(Cl)cc1Cl. The molecule has 1 fully saturated rings.